The predicted molar refractivity (Wildman–Crippen MR) is 71.4 cm³/mol. The van der Waals surface area contributed by atoms with Gasteiger partial charge in [-0.05, 0) is 44.4 Å². The Kier molecular flexibility index (Phi) is 7.26. The van der Waals surface area contributed by atoms with Crippen molar-refractivity contribution >= 4 is 0 Å². The van der Waals surface area contributed by atoms with Crippen LogP contribution in [-0.4, -0.2) is 5.67 Å². The van der Waals surface area contributed by atoms with Gasteiger partial charge in [-0.25, -0.2) is 4.39 Å². The Morgan fingerprint density at radius 1 is 0.938 bits per heavy atom. The van der Waals surface area contributed by atoms with Gasteiger partial charge in [0.1, 0.15) is 5.67 Å². The quantitative estimate of drug-likeness (QED) is 0.508. The van der Waals surface area contributed by atoms with Gasteiger partial charge in [-0.1, -0.05) is 47.0 Å². The molecule has 0 aromatic heterocycles. The van der Waals surface area contributed by atoms with E-state index >= 15 is 0 Å². The number of hydrogen-bond donors (Lipinski definition) is 0. The lowest BCUT2D eigenvalue weighted by atomic mass is 9.86. The number of alkyl halides is 1. The van der Waals surface area contributed by atoms with E-state index in [0.29, 0.717) is 12.3 Å². The second-order valence-corrected chi connectivity index (χ2v) is 6.46. The number of rotatable bonds is 8. The molecule has 0 bridgehead atoms. The van der Waals surface area contributed by atoms with Crippen LogP contribution in [0, 0.1) is 17.8 Å². The fourth-order valence-electron chi connectivity index (χ4n) is 2.47. The van der Waals surface area contributed by atoms with Crippen molar-refractivity contribution in [1.29, 1.82) is 0 Å². The Morgan fingerprint density at radius 3 is 1.88 bits per heavy atom. The van der Waals surface area contributed by atoms with Crippen molar-refractivity contribution < 1.29 is 4.39 Å². The average molecular weight is 230 g/mol. The molecule has 3 unspecified atom stereocenters. The predicted octanol–water partition coefficient (Wildman–Crippen LogP) is 5.61. The molecule has 0 aliphatic carbocycles. The molecular formula is C15H31F. The fourth-order valence-corrected chi connectivity index (χ4v) is 2.47. The molecular weight excluding hydrogens is 199 g/mol. The molecule has 0 radical (unpaired) electrons. The van der Waals surface area contributed by atoms with E-state index in [9.17, 15) is 4.39 Å². The zero-order valence-corrected chi connectivity index (χ0v) is 12.1. The van der Waals surface area contributed by atoms with Crippen LogP contribution in [0.2, 0.25) is 0 Å². The topological polar surface area (TPSA) is 0 Å². The molecule has 0 fully saturated rings. The molecule has 0 spiro atoms. The maximum absolute atomic E-state index is 13.4. The Bertz CT molecular complexity index is 169. The summed E-state index contributed by atoms with van der Waals surface area (Å²) in [6.07, 6.45) is 5.72. The second-order valence-electron chi connectivity index (χ2n) is 6.46. The third-order valence-electron chi connectivity index (χ3n) is 3.49. The molecule has 0 heterocycles. The number of halogens is 1. The van der Waals surface area contributed by atoms with Crippen LogP contribution in [0.4, 0.5) is 4.39 Å². The van der Waals surface area contributed by atoms with Crippen molar-refractivity contribution in [2.24, 2.45) is 17.8 Å². The normalized spacial score (nSPS) is 18.2. The summed E-state index contributed by atoms with van der Waals surface area (Å²) in [6.45, 7) is 12.5. The third-order valence-corrected chi connectivity index (χ3v) is 3.49. The van der Waals surface area contributed by atoms with Gasteiger partial charge in [0.2, 0.25) is 0 Å². The largest absolute Gasteiger partial charge is 0.244 e. The van der Waals surface area contributed by atoms with E-state index in [1.54, 1.807) is 13.8 Å². The van der Waals surface area contributed by atoms with Gasteiger partial charge in [-0.2, -0.15) is 0 Å². The summed E-state index contributed by atoms with van der Waals surface area (Å²) < 4.78 is 13.4. The average Bonchev–Trinajstić information content (AvgIpc) is 2.12. The molecule has 0 aromatic rings. The van der Waals surface area contributed by atoms with Gasteiger partial charge in [0.25, 0.3) is 0 Å². The molecule has 0 rings (SSSR count). The van der Waals surface area contributed by atoms with Gasteiger partial charge in [0, 0.05) is 0 Å². The van der Waals surface area contributed by atoms with Crippen LogP contribution in [0.1, 0.15) is 73.6 Å². The van der Waals surface area contributed by atoms with Crippen LogP contribution in [-0.2, 0) is 0 Å². The third kappa shape index (κ3) is 9.18. The van der Waals surface area contributed by atoms with Gasteiger partial charge in [0.15, 0.2) is 0 Å². The minimum Gasteiger partial charge on any atom is -0.244 e. The highest BCUT2D eigenvalue weighted by atomic mass is 19.1. The molecule has 0 aliphatic rings. The van der Waals surface area contributed by atoms with Crippen molar-refractivity contribution in [3.63, 3.8) is 0 Å². The summed E-state index contributed by atoms with van der Waals surface area (Å²) in [7, 11) is 0. The first kappa shape index (κ1) is 15.9. The molecule has 0 aromatic carbocycles. The number of hydrogen-bond acceptors (Lipinski definition) is 0. The lowest BCUT2D eigenvalue weighted by molar-refractivity contribution is 0.166. The second kappa shape index (κ2) is 7.29. The van der Waals surface area contributed by atoms with E-state index < -0.39 is 5.67 Å². The zero-order chi connectivity index (χ0) is 12.8. The van der Waals surface area contributed by atoms with E-state index in [0.717, 1.165) is 11.8 Å². The summed E-state index contributed by atoms with van der Waals surface area (Å²) in [6, 6.07) is 0. The minimum absolute atomic E-state index is 0.513. The first-order chi connectivity index (χ1) is 7.24. The van der Waals surface area contributed by atoms with Gasteiger partial charge in [-0.15, -0.1) is 0 Å². The van der Waals surface area contributed by atoms with Crippen LogP contribution in [0.5, 0.6) is 0 Å². The molecule has 0 N–H and O–H groups in total. The molecule has 3 atom stereocenters. The molecule has 98 valence electrons. The first-order valence-electron chi connectivity index (χ1n) is 6.93. The van der Waals surface area contributed by atoms with Crippen LogP contribution in [0.25, 0.3) is 0 Å². The first-order valence-corrected chi connectivity index (χ1v) is 6.93. The van der Waals surface area contributed by atoms with E-state index in [1.807, 2.05) is 0 Å². The van der Waals surface area contributed by atoms with Gasteiger partial charge in [0.05, 0.1) is 0 Å². The van der Waals surface area contributed by atoms with Gasteiger partial charge < -0.3 is 0 Å². The molecule has 16 heavy (non-hydrogen) atoms. The Hall–Kier alpha value is -0.0700. The Morgan fingerprint density at radius 2 is 1.44 bits per heavy atom. The van der Waals surface area contributed by atoms with E-state index in [4.69, 9.17) is 0 Å². The summed E-state index contributed by atoms with van der Waals surface area (Å²) in [5.41, 5.74) is -1.00. The van der Waals surface area contributed by atoms with Crippen LogP contribution < -0.4 is 0 Å². The highest BCUT2D eigenvalue weighted by Gasteiger charge is 2.20. The van der Waals surface area contributed by atoms with Crippen LogP contribution in [0.3, 0.4) is 0 Å². The lowest BCUT2D eigenvalue weighted by Crippen LogP contribution is -2.17. The van der Waals surface area contributed by atoms with Crippen molar-refractivity contribution in [3.8, 4) is 0 Å². The Labute approximate surface area is 102 Å². The summed E-state index contributed by atoms with van der Waals surface area (Å²) in [5.74, 6) is 2.14. The van der Waals surface area contributed by atoms with Crippen molar-refractivity contribution in [1.82, 2.24) is 0 Å². The molecule has 0 nitrogen and oxygen atoms in total. The van der Waals surface area contributed by atoms with Crippen molar-refractivity contribution in [3.05, 3.63) is 0 Å². The van der Waals surface area contributed by atoms with Crippen molar-refractivity contribution in [2.45, 2.75) is 79.3 Å². The molecule has 0 aliphatic heterocycles. The van der Waals surface area contributed by atoms with Crippen LogP contribution >= 0.6 is 0 Å². The SMILES string of the molecule is CCC(C)CC(C)CCC(C)CC(C)(C)F. The minimum atomic E-state index is -1.00. The van der Waals surface area contributed by atoms with Gasteiger partial charge in [-0.3, -0.25) is 0 Å². The van der Waals surface area contributed by atoms with Crippen LogP contribution in [0.15, 0.2) is 0 Å². The Balaban J connectivity index is 3.71. The highest BCUT2D eigenvalue weighted by molar-refractivity contribution is 4.71. The van der Waals surface area contributed by atoms with E-state index in [1.165, 1.54) is 25.7 Å². The summed E-state index contributed by atoms with van der Waals surface area (Å²) in [5, 5.41) is 0. The molecule has 1 heteroatoms. The smallest absolute Gasteiger partial charge is 0.105 e. The fraction of sp³-hybridized carbons (Fsp3) is 1.00. The maximum atomic E-state index is 13.4. The van der Waals surface area contributed by atoms with E-state index in [2.05, 4.69) is 27.7 Å². The molecule has 0 saturated carbocycles. The van der Waals surface area contributed by atoms with Crippen molar-refractivity contribution in [2.75, 3.05) is 0 Å². The monoisotopic (exact) mass is 230 g/mol. The summed E-state index contributed by atoms with van der Waals surface area (Å²) >= 11 is 0. The molecule has 0 amide bonds. The summed E-state index contributed by atoms with van der Waals surface area (Å²) in [4.78, 5) is 0. The van der Waals surface area contributed by atoms with E-state index in [-0.39, 0.29) is 0 Å². The highest BCUT2D eigenvalue weighted by Crippen LogP contribution is 2.26. The zero-order valence-electron chi connectivity index (χ0n) is 12.1. The standard InChI is InChI=1S/C15H31F/c1-7-12(2)10-13(3)8-9-14(4)11-15(5,6)16/h12-14H,7-11H2,1-6H3. The maximum Gasteiger partial charge on any atom is 0.105 e. The lowest BCUT2D eigenvalue weighted by Gasteiger charge is -2.22. The molecule has 0 saturated heterocycles. The van der Waals surface area contributed by atoms with Gasteiger partial charge >= 0.3 is 0 Å².